The van der Waals surface area contributed by atoms with E-state index in [1.807, 2.05) is 6.07 Å². The Kier molecular flexibility index (Phi) is 7.69. The zero-order chi connectivity index (χ0) is 18.2. The van der Waals surface area contributed by atoms with Crippen LogP contribution in [-0.2, 0) is 9.53 Å². The summed E-state index contributed by atoms with van der Waals surface area (Å²) in [5.41, 5.74) is 0.741. The van der Waals surface area contributed by atoms with Crippen LogP contribution in [0.5, 0.6) is 5.75 Å². The van der Waals surface area contributed by atoms with Crippen molar-refractivity contribution in [3.8, 4) is 11.8 Å². The number of benzene rings is 1. The maximum atomic E-state index is 12.2. The maximum Gasteiger partial charge on any atom is 0.262 e. The molecule has 1 N–H and O–H groups in total. The molecule has 0 aliphatic carbocycles. The average molecular weight is 470 g/mol. The summed E-state index contributed by atoms with van der Waals surface area (Å²) in [5.74, 6) is 0.232. The van der Waals surface area contributed by atoms with Gasteiger partial charge in [-0.15, -0.1) is 0 Å². The first-order chi connectivity index (χ1) is 12.0. The zero-order valence-corrected chi connectivity index (χ0v) is 16.7. The van der Waals surface area contributed by atoms with Gasteiger partial charge in [0.15, 0.2) is 0 Å². The molecule has 1 aromatic carbocycles. The number of nitriles is 1. The molecule has 0 radical (unpaired) electrons. The van der Waals surface area contributed by atoms with E-state index in [-0.39, 0.29) is 11.7 Å². The molecule has 0 spiro atoms. The highest BCUT2D eigenvalue weighted by Gasteiger charge is 2.18. The second-order valence-electron chi connectivity index (χ2n) is 5.43. The van der Waals surface area contributed by atoms with E-state index < -0.39 is 5.91 Å². The van der Waals surface area contributed by atoms with Crippen LogP contribution in [-0.4, -0.2) is 31.8 Å². The lowest BCUT2D eigenvalue weighted by Gasteiger charge is -2.11. The van der Waals surface area contributed by atoms with Gasteiger partial charge in [-0.25, -0.2) is 0 Å². The Labute approximate surface area is 163 Å². The molecule has 1 atom stereocenters. The van der Waals surface area contributed by atoms with Gasteiger partial charge in [-0.2, -0.15) is 5.26 Å². The Balaban J connectivity index is 2.11. The molecule has 7 heteroatoms. The monoisotopic (exact) mass is 468 g/mol. The van der Waals surface area contributed by atoms with Gasteiger partial charge in [-0.05, 0) is 68.5 Å². The van der Waals surface area contributed by atoms with Crippen molar-refractivity contribution in [1.82, 2.24) is 5.32 Å². The molecule has 1 fully saturated rings. The third kappa shape index (κ3) is 5.70. The second-order valence-corrected chi connectivity index (χ2v) is 7.14. The molecule has 1 aromatic rings. The Morgan fingerprint density at radius 3 is 2.76 bits per heavy atom. The van der Waals surface area contributed by atoms with Gasteiger partial charge in [-0.3, -0.25) is 4.79 Å². The first kappa shape index (κ1) is 19.7. The molecule has 0 saturated carbocycles. The molecule has 132 valence electrons. The summed E-state index contributed by atoms with van der Waals surface area (Å²) >= 11 is 6.87. The minimum atomic E-state index is -0.405. The van der Waals surface area contributed by atoms with Crippen molar-refractivity contribution in [2.45, 2.75) is 18.9 Å². The molecule has 1 amide bonds. The molecule has 1 heterocycles. The van der Waals surface area contributed by atoms with Crippen LogP contribution >= 0.6 is 31.9 Å². The second kappa shape index (κ2) is 9.76. The van der Waals surface area contributed by atoms with Gasteiger partial charge < -0.3 is 14.8 Å². The Hall–Kier alpha value is -1.62. The molecule has 1 aliphatic heterocycles. The number of ether oxygens (including phenoxy) is 2. The fourth-order valence-electron chi connectivity index (χ4n) is 2.37. The number of nitrogens with one attached hydrogen (secondary N) is 1. The summed E-state index contributed by atoms with van der Waals surface area (Å²) in [4.78, 5) is 12.2. The Morgan fingerprint density at radius 1 is 1.48 bits per heavy atom. The van der Waals surface area contributed by atoms with Crippen molar-refractivity contribution in [3.05, 3.63) is 44.9 Å². The SMILES string of the molecule is C=CCOc1c(Br)cc(/C=C(\C#N)C(=O)NC[C@@H]2CCCO2)cc1Br. The molecule has 2 rings (SSSR count). The van der Waals surface area contributed by atoms with Crippen LogP contribution in [0.2, 0.25) is 0 Å². The fourth-order valence-corrected chi connectivity index (χ4v) is 3.82. The number of hydrogen-bond acceptors (Lipinski definition) is 4. The van der Waals surface area contributed by atoms with Crippen molar-refractivity contribution in [3.63, 3.8) is 0 Å². The molecule has 0 aromatic heterocycles. The summed E-state index contributed by atoms with van der Waals surface area (Å²) in [5, 5.41) is 12.0. The van der Waals surface area contributed by atoms with Gasteiger partial charge in [0.25, 0.3) is 5.91 Å². The van der Waals surface area contributed by atoms with Gasteiger partial charge in [0.1, 0.15) is 24.0 Å². The molecular formula is C18H18Br2N2O3. The average Bonchev–Trinajstić information content (AvgIpc) is 3.10. The van der Waals surface area contributed by atoms with Crippen molar-refractivity contribution in [2.75, 3.05) is 19.8 Å². The molecule has 1 aliphatic rings. The molecule has 0 bridgehead atoms. The van der Waals surface area contributed by atoms with E-state index in [4.69, 9.17) is 9.47 Å². The van der Waals surface area contributed by atoms with Gasteiger partial charge in [0, 0.05) is 13.2 Å². The van der Waals surface area contributed by atoms with Crippen LogP contribution in [0.1, 0.15) is 18.4 Å². The first-order valence-electron chi connectivity index (χ1n) is 7.79. The van der Waals surface area contributed by atoms with E-state index in [9.17, 15) is 10.1 Å². The summed E-state index contributed by atoms with van der Waals surface area (Å²) in [6, 6.07) is 5.52. The summed E-state index contributed by atoms with van der Waals surface area (Å²) < 4.78 is 12.4. The summed E-state index contributed by atoms with van der Waals surface area (Å²) in [6.45, 7) is 5.13. The highest BCUT2D eigenvalue weighted by molar-refractivity contribution is 9.11. The predicted octanol–water partition coefficient (Wildman–Crippen LogP) is 3.98. The topological polar surface area (TPSA) is 71.3 Å². The van der Waals surface area contributed by atoms with Crippen molar-refractivity contribution in [2.24, 2.45) is 0 Å². The number of halogens is 2. The van der Waals surface area contributed by atoms with E-state index >= 15 is 0 Å². The minimum Gasteiger partial charge on any atom is -0.487 e. The third-order valence-corrected chi connectivity index (χ3v) is 4.73. The molecule has 5 nitrogen and oxygen atoms in total. The normalized spacial score (nSPS) is 17.0. The number of carbonyl (C=O) groups excluding carboxylic acids is 1. The van der Waals surface area contributed by atoms with Crippen molar-refractivity contribution >= 4 is 43.8 Å². The molecule has 1 saturated heterocycles. The third-order valence-electron chi connectivity index (χ3n) is 3.56. The number of amides is 1. The largest absolute Gasteiger partial charge is 0.487 e. The summed E-state index contributed by atoms with van der Waals surface area (Å²) in [6.07, 6.45) is 5.16. The van der Waals surface area contributed by atoms with Crippen molar-refractivity contribution < 1.29 is 14.3 Å². The van der Waals surface area contributed by atoms with E-state index in [1.54, 1.807) is 18.2 Å². The highest BCUT2D eigenvalue weighted by Crippen LogP contribution is 2.35. The molecule has 0 unspecified atom stereocenters. The standard InChI is InChI=1S/C18H18Br2N2O3/c1-2-5-25-17-15(19)8-12(9-16(17)20)7-13(10-21)18(23)22-11-14-4-3-6-24-14/h2,7-9,14H,1,3-6,11H2,(H,22,23)/b13-7+/t14-/m0/s1. The quantitative estimate of drug-likeness (QED) is 0.372. The van der Waals surface area contributed by atoms with Crippen molar-refractivity contribution in [1.29, 1.82) is 5.26 Å². The van der Waals surface area contributed by atoms with Crippen LogP contribution in [0.25, 0.3) is 6.08 Å². The van der Waals surface area contributed by atoms with Gasteiger partial charge in [0.2, 0.25) is 0 Å². The van der Waals surface area contributed by atoms with E-state index in [0.29, 0.717) is 33.4 Å². The predicted molar refractivity (Wildman–Crippen MR) is 103 cm³/mol. The summed E-state index contributed by atoms with van der Waals surface area (Å²) in [7, 11) is 0. The first-order valence-corrected chi connectivity index (χ1v) is 9.38. The van der Waals surface area contributed by atoms with Gasteiger partial charge >= 0.3 is 0 Å². The number of carbonyl (C=O) groups is 1. The highest BCUT2D eigenvalue weighted by atomic mass is 79.9. The van der Waals surface area contributed by atoms with Crippen LogP contribution in [0.4, 0.5) is 0 Å². The zero-order valence-electron chi connectivity index (χ0n) is 13.6. The van der Waals surface area contributed by atoms with E-state index in [1.165, 1.54) is 6.08 Å². The fraction of sp³-hybridized carbons (Fsp3) is 0.333. The number of nitrogens with zero attached hydrogens (tertiary/aromatic N) is 1. The van der Waals surface area contributed by atoms with Crippen LogP contribution < -0.4 is 10.1 Å². The van der Waals surface area contributed by atoms with Crippen LogP contribution in [0, 0.1) is 11.3 Å². The molecular weight excluding hydrogens is 452 g/mol. The lowest BCUT2D eigenvalue weighted by Crippen LogP contribution is -2.32. The van der Waals surface area contributed by atoms with Gasteiger partial charge in [-0.1, -0.05) is 12.7 Å². The number of hydrogen-bond donors (Lipinski definition) is 1. The van der Waals surface area contributed by atoms with E-state index in [0.717, 1.165) is 19.4 Å². The minimum absolute atomic E-state index is 0.0356. The smallest absolute Gasteiger partial charge is 0.262 e. The Bertz CT molecular complexity index is 697. The maximum absolute atomic E-state index is 12.2. The lowest BCUT2D eigenvalue weighted by molar-refractivity contribution is -0.117. The van der Waals surface area contributed by atoms with E-state index in [2.05, 4.69) is 43.8 Å². The number of rotatable bonds is 7. The van der Waals surface area contributed by atoms with Crippen LogP contribution in [0.3, 0.4) is 0 Å². The van der Waals surface area contributed by atoms with Crippen LogP contribution in [0.15, 0.2) is 39.3 Å². The Morgan fingerprint density at radius 2 is 2.20 bits per heavy atom. The van der Waals surface area contributed by atoms with Gasteiger partial charge in [0.05, 0.1) is 15.0 Å². The lowest BCUT2D eigenvalue weighted by atomic mass is 10.1. The molecule has 25 heavy (non-hydrogen) atoms.